The molecule has 37 heavy (non-hydrogen) atoms. The van der Waals surface area contributed by atoms with Gasteiger partial charge >= 0.3 is 13.2 Å². The lowest BCUT2D eigenvalue weighted by atomic mass is 9.81. The normalized spacial score (nSPS) is 22.4. The largest absolute Gasteiger partial charge is 0.498 e. The van der Waals surface area contributed by atoms with Gasteiger partial charge in [-0.25, -0.2) is 23.2 Å². The van der Waals surface area contributed by atoms with Gasteiger partial charge in [-0.1, -0.05) is 0 Å². The van der Waals surface area contributed by atoms with Crippen LogP contribution in [-0.4, -0.2) is 83.6 Å². The summed E-state index contributed by atoms with van der Waals surface area (Å²) in [6.07, 6.45) is 4.17. The molecule has 1 aromatic heterocycles. The molecule has 0 spiro atoms. The molecule has 2 atom stereocenters. The van der Waals surface area contributed by atoms with Gasteiger partial charge in [0.05, 0.1) is 17.0 Å². The Morgan fingerprint density at radius 3 is 2.27 bits per heavy atom. The standard InChI is InChI=1S/C24H39BN4O7S/c1-16(28-21(31)34-22(2,3)4)19(30)29-12-10-9-11-18(29)15-37(32,33)20-26-13-17(14-27-20)25-35-23(5,6)24(7,8)36-25/h13-14,16,18H,9-12,15H2,1-8H3,(H,28,31)/t16-,18-/m0/s1. The molecule has 0 aliphatic carbocycles. The van der Waals surface area contributed by atoms with Gasteiger partial charge in [-0.3, -0.25) is 4.79 Å². The van der Waals surface area contributed by atoms with Crippen molar-refractivity contribution in [1.82, 2.24) is 20.2 Å². The van der Waals surface area contributed by atoms with Crippen molar-refractivity contribution in [2.24, 2.45) is 0 Å². The van der Waals surface area contributed by atoms with E-state index >= 15 is 0 Å². The average molecular weight is 538 g/mol. The van der Waals surface area contributed by atoms with Gasteiger partial charge in [-0.05, 0) is 74.7 Å². The first kappa shape index (κ1) is 29.3. The number of rotatable bonds is 6. The van der Waals surface area contributed by atoms with E-state index in [4.69, 9.17) is 14.0 Å². The Morgan fingerprint density at radius 1 is 1.16 bits per heavy atom. The van der Waals surface area contributed by atoms with E-state index in [1.165, 1.54) is 17.3 Å². The maximum absolute atomic E-state index is 13.2. The summed E-state index contributed by atoms with van der Waals surface area (Å²) in [5.41, 5.74) is -1.27. The zero-order chi connectivity index (χ0) is 27.8. The number of likely N-dealkylation sites (tertiary alicyclic amines) is 1. The van der Waals surface area contributed by atoms with Gasteiger partial charge in [0.25, 0.3) is 0 Å². The molecule has 2 aliphatic heterocycles. The second kappa shape index (κ2) is 10.5. The van der Waals surface area contributed by atoms with Crippen LogP contribution in [0.5, 0.6) is 0 Å². The third kappa shape index (κ3) is 7.00. The number of piperidine rings is 1. The van der Waals surface area contributed by atoms with Crippen LogP contribution < -0.4 is 10.8 Å². The first-order valence-electron chi connectivity index (χ1n) is 12.6. The van der Waals surface area contributed by atoms with E-state index in [9.17, 15) is 18.0 Å². The van der Waals surface area contributed by atoms with Crippen molar-refractivity contribution in [2.45, 2.75) is 109 Å². The lowest BCUT2D eigenvalue weighted by molar-refractivity contribution is -0.136. The average Bonchev–Trinajstić information content (AvgIpc) is 2.99. The number of hydrogen-bond acceptors (Lipinski definition) is 9. The van der Waals surface area contributed by atoms with E-state index in [2.05, 4.69) is 15.3 Å². The van der Waals surface area contributed by atoms with Crippen molar-refractivity contribution < 1.29 is 32.1 Å². The number of carbonyl (C=O) groups excluding carboxylic acids is 2. The zero-order valence-corrected chi connectivity index (χ0v) is 23.8. The monoisotopic (exact) mass is 538 g/mol. The van der Waals surface area contributed by atoms with E-state index in [0.717, 1.165) is 12.8 Å². The van der Waals surface area contributed by atoms with Gasteiger partial charge in [0.1, 0.15) is 11.6 Å². The van der Waals surface area contributed by atoms with E-state index in [1.807, 2.05) is 27.7 Å². The fourth-order valence-electron chi connectivity index (χ4n) is 4.17. The quantitative estimate of drug-likeness (QED) is 0.425. The third-order valence-electron chi connectivity index (χ3n) is 6.88. The molecule has 0 radical (unpaired) electrons. The number of hydrogen-bond donors (Lipinski definition) is 1. The number of nitrogens with zero attached hydrogens (tertiary/aromatic N) is 3. The first-order valence-corrected chi connectivity index (χ1v) is 14.3. The molecular formula is C24H39BN4O7S. The Morgan fingerprint density at radius 2 is 1.73 bits per heavy atom. The van der Waals surface area contributed by atoms with Gasteiger partial charge in [-0.15, -0.1) is 0 Å². The van der Waals surface area contributed by atoms with Crippen LogP contribution in [0.2, 0.25) is 0 Å². The van der Waals surface area contributed by atoms with Gasteiger partial charge < -0.3 is 24.3 Å². The smallest absolute Gasteiger partial charge is 0.444 e. The summed E-state index contributed by atoms with van der Waals surface area (Å²) in [5.74, 6) is -0.670. The zero-order valence-electron chi connectivity index (χ0n) is 23.0. The van der Waals surface area contributed by atoms with Gasteiger partial charge in [-0.2, -0.15) is 0 Å². The summed E-state index contributed by atoms with van der Waals surface area (Å²) in [4.78, 5) is 35.0. The summed E-state index contributed by atoms with van der Waals surface area (Å²) in [5, 5.41) is 2.23. The van der Waals surface area contributed by atoms with Crippen LogP contribution >= 0.6 is 0 Å². The molecule has 2 aliphatic rings. The Labute approximate surface area is 220 Å². The summed E-state index contributed by atoms with van der Waals surface area (Å²) in [6, 6.07) is -1.42. The minimum Gasteiger partial charge on any atom is -0.444 e. The fourth-order valence-corrected chi connectivity index (χ4v) is 5.60. The molecular weight excluding hydrogens is 499 g/mol. The van der Waals surface area contributed by atoms with E-state index < -0.39 is 51.9 Å². The minimum absolute atomic E-state index is 0.312. The molecule has 1 aromatic rings. The number of sulfone groups is 1. The molecule has 2 amide bonds. The molecule has 0 unspecified atom stereocenters. The highest BCUT2D eigenvalue weighted by Crippen LogP contribution is 2.36. The summed E-state index contributed by atoms with van der Waals surface area (Å²) >= 11 is 0. The number of ether oxygens (including phenoxy) is 1. The van der Waals surface area contributed by atoms with Crippen LogP contribution in [0.15, 0.2) is 17.6 Å². The maximum atomic E-state index is 13.2. The Hall–Kier alpha value is -2.25. The third-order valence-corrected chi connectivity index (χ3v) is 8.47. The second-order valence-electron chi connectivity index (χ2n) is 11.7. The van der Waals surface area contributed by atoms with Crippen molar-refractivity contribution in [3.05, 3.63) is 12.4 Å². The van der Waals surface area contributed by atoms with Crippen LogP contribution in [0.1, 0.15) is 74.7 Å². The predicted octanol–water partition coefficient (Wildman–Crippen LogP) is 1.84. The molecule has 0 saturated carbocycles. The maximum Gasteiger partial charge on any atom is 0.498 e. The number of alkyl carbamates (subject to hydrolysis) is 1. The Bertz CT molecular complexity index is 1090. The second-order valence-corrected chi connectivity index (χ2v) is 13.6. The van der Waals surface area contributed by atoms with Crippen LogP contribution in [-0.2, 0) is 28.7 Å². The van der Waals surface area contributed by atoms with Crippen molar-refractivity contribution in [3.63, 3.8) is 0 Å². The molecule has 0 bridgehead atoms. The Balaban J connectivity index is 1.68. The fraction of sp³-hybridized carbons (Fsp3) is 0.750. The molecule has 1 N–H and O–H groups in total. The highest BCUT2D eigenvalue weighted by Gasteiger charge is 2.52. The number of carbonyl (C=O) groups is 2. The topological polar surface area (TPSA) is 137 Å². The lowest BCUT2D eigenvalue weighted by Crippen LogP contribution is -2.54. The molecule has 3 rings (SSSR count). The van der Waals surface area contributed by atoms with Crippen LogP contribution in [0.3, 0.4) is 0 Å². The SMILES string of the molecule is C[C@H](NC(=O)OC(C)(C)C)C(=O)N1CCCC[C@H]1CS(=O)(=O)c1ncc(B2OC(C)(C)C(C)(C)O2)cn1. The first-order chi connectivity index (χ1) is 16.9. The van der Waals surface area contributed by atoms with E-state index in [0.29, 0.717) is 18.4 Å². The van der Waals surface area contributed by atoms with Gasteiger partial charge in [0.15, 0.2) is 0 Å². The van der Waals surface area contributed by atoms with Crippen molar-refractivity contribution in [1.29, 1.82) is 0 Å². The minimum atomic E-state index is -3.89. The van der Waals surface area contributed by atoms with Crippen molar-refractivity contribution in [3.8, 4) is 0 Å². The Kier molecular flexibility index (Phi) is 8.31. The van der Waals surface area contributed by atoms with Crippen molar-refractivity contribution in [2.75, 3.05) is 12.3 Å². The molecule has 11 nitrogen and oxygen atoms in total. The van der Waals surface area contributed by atoms with Gasteiger partial charge in [0.2, 0.25) is 20.9 Å². The summed E-state index contributed by atoms with van der Waals surface area (Å²) < 4.78 is 43.6. The van der Waals surface area contributed by atoms with E-state index in [-0.39, 0.29) is 16.8 Å². The molecule has 2 saturated heterocycles. The molecule has 3 heterocycles. The number of aromatic nitrogens is 2. The highest BCUT2D eigenvalue weighted by atomic mass is 32.2. The summed E-state index contributed by atoms with van der Waals surface area (Å²) in [7, 11) is -4.60. The number of amides is 2. The number of nitrogens with one attached hydrogen (secondary N) is 1. The van der Waals surface area contributed by atoms with Crippen LogP contribution in [0.25, 0.3) is 0 Å². The molecule has 13 heteroatoms. The van der Waals surface area contributed by atoms with Crippen molar-refractivity contribution >= 4 is 34.4 Å². The molecule has 0 aromatic carbocycles. The lowest BCUT2D eigenvalue weighted by Gasteiger charge is -2.37. The van der Waals surface area contributed by atoms with E-state index in [1.54, 1.807) is 27.7 Å². The van der Waals surface area contributed by atoms with Gasteiger partial charge in [0, 0.05) is 30.4 Å². The molecule has 206 valence electrons. The highest BCUT2D eigenvalue weighted by molar-refractivity contribution is 7.91. The molecule has 2 fully saturated rings. The van der Waals surface area contributed by atoms with Crippen LogP contribution in [0.4, 0.5) is 4.79 Å². The predicted molar refractivity (Wildman–Crippen MR) is 138 cm³/mol. The van der Waals surface area contributed by atoms with Crippen LogP contribution in [0, 0.1) is 0 Å². The summed E-state index contributed by atoms with van der Waals surface area (Å²) in [6.45, 7) is 14.9.